The second-order valence-electron chi connectivity index (χ2n) is 4.84. The lowest BCUT2D eigenvalue weighted by molar-refractivity contribution is 0.132. The third-order valence-electron chi connectivity index (χ3n) is 3.32. The van der Waals surface area contributed by atoms with Gasteiger partial charge in [0, 0.05) is 11.1 Å². The summed E-state index contributed by atoms with van der Waals surface area (Å²) in [6.07, 6.45) is 1.13. The number of rotatable bonds is 3. The summed E-state index contributed by atoms with van der Waals surface area (Å²) in [5.41, 5.74) is 8.59. The molecule has 0 aliphatic heterocycles. The SMILES string of the molecule is COc1c(C)cc(C)cc1C(O)C1(N)CC1. The molecular weight excluding hydrogens is 202 g/mol. The maximum atomic E-state index is 10.3. The van der Waals surface area contributed by atoms with E-state index in [4.69, 9.17) is 10.5 Å². The molecule has 88 valence electrons. The molecule has 1 fully saturated rings. The lowest BCUT2D eigenvalue weighted by Gasteiger charge is -2.22. The van der Waals surface area contributed by atoms with Crippen molar-refractivity contribution in [2.24, 2.45) is 5.73 Å². The molecule has 1 atom stereocenters. The standard InChI is InChI=1S/C13H19NO2/c1-8-6-9(2)11(16-3)10(7-8)12(15)13(14)4-5-13/h6-7,12,15H,4-5,14H2,1-3H3. The van der Waals surface area contributed by atoms with Crippen LogP contribution >= 0.6 is 0 Å². The first kappa shape index (κ1) is 11.4. The van der Waals surface area contributed by atoms with Gasteiger partial charge < -0.3 is 15.6 Å². The van der Waals surface area contributed by atoms with Crippen LogP contribution in [0.5, 0.6) is 5.75 Å². The van der Waals surface area contributed by atoms with Gasteiger partial charge in [0.2, 0.25) is 0 Å². The van der Waals surface area contributed by atoms with Gasteiger partial charge in [-0.25, -0.2) is 0 Å². The summed E-state index contributed by atoms with van der Waals surface area (Å²) in [5, 5.41) is 10.3. The van der Waals surface area contributed by atoms with Gasteiger partial charge in [-0.2, -0.15) is 0 Å². The van der Waals surface area contributed by atoms with Crippen LogP contribution in [-0.2, 0) is 0 Å². The van der Waals surface area contributed by atoms with Crippen molar-refractivity contribution >= 4 is 0 Å². The molecular formula is C13H19NO2. The normalized spacial score (nSPS) is 19.3. The van der Waals surface area contributed by atoms with E-state index < -0.39 is 11.6 Å². The predicted molar refractivity (Wildman–Crippen MR) is 63.6 cm³/mol. The Hall–Kier alpha value is -1.06. The van der Waals surface area contributed by atoms with Crippen molar-refractivity contribution in [1.82, 2.24) is 0 Å². The highest BCUT2D eigenvalue weighted by molar-refractivity contribution is 5.46. The van der Waals surface area contributed by atoms with E-state index in [0.717, 1.165) is 35.3 Å². The summed E-state index contributed by atoms with van der Waals surface area (Å²) in [6, 6.07) is 4.01. The Bertz CT molecular complexity index is 411. The van der Waals surface area contributed by atoms with E-state index in [1.165, 1.54) is 0 Å². The first-order chi connectivity index (χ1) is 7.48. The zero-order valence-electron chi connectivity index (χ0n) is 10.1. The molecule has 3 nitrogen and oxygen atoms in total. The average Bonchev–Trinajstić information content (AvgIpc) is 2.95. The first-order valence-electron chi connectivity index (χ1n) is 5.60. The number of methoxy groups -OCH3 is 1. The molecule has 3 N–H and O–H groups in total. The highest BCUT2D eigenvalue weighted by Crippen LogP contribution is 2.46. The topological polar surface area (TPSA) is 55.5 Å². The Morgan fingerprint density at radius 1 is 1.38 bits per heavy atom. The van der Waals surface area contributed by atoms with Gasteiger partial charge in [-0.1, -0.05) is 11.6 Å². The van der Waals surface area contributed by atoms with Crippen molar-refractivity contribution in [3.8, 4) is 5.75 Å². The fourth-order valence-electron chi connectivity index (χ4n) is 2.20. The number of hydrogen-bond acceptors (Lipinski definition) is 3. The molecule has 16 heavy (non-hydrogen) atoms. The third kappa shape index (κ3) is 1.81. The van der Waals surface area contributed by atoms with Crippen LogP contribution in [0.15, 0.2) is 12.1 Å². The van der Waals surface area contributed by atoms with Gasteiger partial charge in [0.25, 0.3) is 0 Å². The minimum Gasteiger partial charge on any atom is -0.496 e. The molecule has 1 unspecified atom stereocenters. The van der Waals surface area contributed by atoms with Crippen molar-refractivity contribution in [2.75, 3.05) is 7.11 Å². The Morgan fingerprint density at radius 2 is 2.00 bits per heavy atom. The number of benzene rings is 1. The van der Waals surface area contributed by atoms with Crippen molar-refractivity contribution < 1.29 is 9.84 Å². The zero-order valence-corrected chi connectivity index (χ0v) is 10.1. The van der Waals surface area contributed by atoms with Crippen LogP contribution < -0.4 is 10.5 Å². The minimum atomic E-state index is -0.624. The van der Waals surface area contributed by atoms with Gasteiger partial charge in [-0.15, -0.1) is 0 Å². The van der Waals surface area contributed by atoms with Gasteiger partial charge in [0.05, 0.1) is 7.11 Å². The molecule has 0 heterocycles. The minimum absolute atomic E-state index is 0.437. The quantitative estimate of drug-likeness (QED) is 0.818. The number of aryl methyl sites for hydroxylation is 2. The molecule has 1 aliphatic carbocycles. The summed E-state index contributed by atoms with van der Waals surface area (Å²) in [4.78, 5) is 0. The van der Waals surface area contributed by atoms with Crippen LogP contribution in [0.4, 0.5) is 0 Å². The lowest BCUT2D eigenvalue weighted by Crippen LogP contribution is -2.30. The number of ether oxygens (including phenoxy) is 1. The smallest absolute Gasteiger partial charge is 0.127 e. The molecule has 0 aromatic heterocycles. The maximum absolute atomic E-state index is 10.3. The Balaban J connectivity index is 2.46. The molecule has 0 bridgehead atoms. The summed E-state index contributed by atoms with van der Waals surface area (Å²) in [6.45, 7) is 4.00. The van der Waals surface area contributed by atoms with E-state index in [1.807, 2.05) is 26.0 Å². The van der Waals surface area contributed by atoms with E-state index in [-0.39, 0.29) is 0 Å². The highest BCUT2D eigenvalue weighted by Gasteiger charge is 2.46. The fraction of sp³-hybridized carbons (Fsp3) is 0.538. The molecule has 0 amide bonds. The third-order valence-corrected chi connectivity index (χ3v) is 3.32. The van der Waals surface area contributed by atoms with Gasteiger partial charge in [-0.05, 0) is 38.3 Å². The average molecular weight is 221 g/mol. The molecule has 1 aliphatic rings. The number of aliphatic hydroxyl groups is 1. The molecule has 0 saturated heterocycles. The Kier molecular flexibility index (Phi) is 2.68. The largest absolute Gasteiger partial charge is 0.496 e. The molecule has 2 rings (SSSR count). The Morgan fingerprint density at radius 3 is 2.50 bits per heavy atom. The van der Waals surface area contributed by atoms with E-state index in [0.29, 0.717) is 0 Å². The summed E-state index contributed by atoms with van der Waals surface area (Å²) in [7, 11) is 1.63. The van der Waals surface area contributed by atoms with Gasteiger partial charge in [-0.3, -0.25) is 0 Å². The van der Waals surface area contributed by atoms with E-state index in [9.17, 15) is 5.11 Å². The van der Waals surface area contributed by atoms with Crippen molar-refractivity contribution in [3.05, 3.63) is 28.8 Å². The van der Waals surface area contributed by atoms with Crippen LogP contribution in [-0.4, -0.2) is 17.8 Å². The fourth-order valence-corrected chi connectivity index (χ4v) is 2.20. The van der Waals surface area contributed by atoms with Crippen LogP contribution in [0.3, 0.4) is 0 Å². The van der Waals surface area contributed by atoms with Crippen molar-refractivity contribution in [2.45, 2.75) is 38.3 Å². The number of nitrogens with two attached hydrogens (primary N) is 1. The second-order valence-corrected chi connectivity index (χ2v) is 4.84. The molecule has 1 aromatic carbocycles. The summed E-state index contributed by atoms with van der Waals surface area (Å²) >= 11 is 0. The second kappa shape index (κ2) is 3.75. The molecule has 3 heteroatoms. The van der Waals surface area contributed by atoms with Crippen molar-refractivity contribution in [3.63, 3.8) is 0 Å². The monoisotopic (exact) mass is 221 g/mol. The molecule has 0 radical (unpaired) electrons. The van der Waals surface area contributed by atoms with Crippen LogP contribution in [0.2, 0.25) is 0 Å². The molecule has 1 aromatic rings. The summed E-state index contributed by atoms with van der Waals surface area (Å²) in [5.74, 6) is 0.759. The van der Waals surface area contributed by atoms with Crippen molar-refractivity contribution in [1.29, 1.82) is 0 Å². The van der Waals surface area contributed by atoms with E-state index in [2.05, 4.69) is 0 Å². The highest BCUT2D eigenvalue weighted by atomic mass is 16.5. The lowest BCUT2D eigenvalue weighted by atomic mass is 9.96. The molecule has 1 saturated carbocycles. The number of aliphatic hydroxyl groups excluding tert-OH is 1. The Labute approximate surface area is 96.2 Å². The van der Waals surface area contributed by atoms with Crippen LogP contribution in [0, 0.1) is 13.8 Å². The predicted octanol–water partition coefficient (Wildman–Crippen LogP) is 1.84. The zero-order chi connectivity index (χ0) is 11.9. The van der Waals surface area contributed by atoms with E-state index in [1.54, 1.807) is 7.11 Å². The maximum Gasteiger partial charge on any atom is 0.127 e. The summed E-state index contributed by atoms with van der Waals surface area (Å²) < 4.78 is 5.36. The van der Waals surface area contributed by atoms with E-state index >= 15 is 0 Å². The van der Waals surface area contributed by atoms with Gasteiger partial charge >= 0.3 is 0 Å². The number of hydrogen-bond donors (Lipinski definition) is 2. The first-order valence-corrected chi connectivity index (χ1v) is 5.60. The van der Waals surface area contributed by atoms with Crippen LogP contribution in [0.1, 0.15) is 35.6 Å². The van der Waals surface area contributed by atoms with Gasteiger partial charge in [0.1, 0.15) is 11.9 Å². The van der Waals surface area contributed by atoms with Crippen LogP contribution in [0.25, 0.3) is 0 Å². The molecule has 0 spiro atoms. The van der Waals surface area contributed by atoms with Gasteiger partial charge in [0.15, 0.2) is 0 Å².